The first-order valence-corrected chi connectivity index (χ1v) is 17.0. The lowest BCUT2D eigenvalue weighted by Crippen LogP contribution is -2.03. The number of fused-ring (bicyclic) bond motifs is 4. The van der Waals surface area contributed by atoms with Gasteiger partial charge in [0.05, 0.1) is 50.6 Å². The Hall–Kier alpha value is -7.72. The zero-order valence-corrected chi connectivity index (χ0v) is 28.3. The number of aromatic hydroxyl groups is 3. The Balaban J connectivity index is 1.36. The molecule has 0 aliphatic carbocycles. The van der Waals surface area contributed by atoms with E-state index in [2.05, 4.69) is 0 Å². The van der Waals surface area contributed by atoms with Gasteiger partial charge in [0.2, 0.25) is 0 Å². The number of hydrogen-bond donors (Lipinski definition) is 3. The zero-order valence-electron chi connectivity index (χ0n) is 28.3. The third-order valence-electron chi connectivity index (χ3n) is 9.44. The topological polar surface area (TPSA) is 153 Å². The van der Waals surface area contributed by atoms with Crippen LogP contribution >= 0.6 is 0 Å². The van der Waals surface area contributed by atoms with Crippen LogP contribution in [0.1, 0.15) is 22.3 Å². The number of nitro groups is 1. The summed E-state index contributed by atoms with van der Waals surface area (Å²) in [5, 5.41) is 42.1. The van der Waals surface area contributed by atoms with Crippen LogP contribution < -0.4 is 0 Å². The maximum atomic E-state index is 11.6. The van der Waals surface area contributed by atoms with E-state index in [-0.39, 0.29) is 22.9 Å². The van der Waals surface area contributed by atoms with Crippen molar-refractivity contribution in [3.05, 3.63) is 201 Å². The molecule has 0 saturated heterocycles. The Morgan fingerprint density at radius 3 is 0.852 bits per heavy atom. The monoisotopic (exact) mass is 705 g/mol. The number of aliphatic imine (C=N–C) groups is 4. The molecule has 3 N–H and O–H groups in total. The van der Waals surface area contributed by atoms with Gasteiger partial charge in [0.25, 0.3) is 5.69 Å². The smallest absolute Gasteiger partial charge is 0.269 e. The van der Waals surface area contributed by atoms with Gasteiger partial charge in [-0.05, 0) is 119 Å². The predicted molar refractivity (Wildman–Crippen MR) is 211 cm³/mol. The lowest BCUT2D eigenvalue weighted by molar-refractivity contribution is -0.384. The number of benzene rings is 4. The molecule has 5 aliphatic rings. The minimum Gasteiger partial charge on any atom is -0.508 e. The number of nitro benzene ring substituents is 1. The molecule has 0 amide bonds. The lowest BCUT2D eigenvalue weighted by atomic mass is 9.98. The van der Waals surface area contributed by atoms with Crippen molar-refractivity contribution in [2.45, 2.75) is 0 Å². The third-order valence-corrected chi connectivity index (χ3v) is 9.44. The number of hydrogen-bond acceptors (Lipinski definition) is 9. The summed E-state index contributed by atoms with van der Waals surface area (Å²) in [6.45, 7) is 0. The second-order valence-electron chi connectivity index (χ2n) is 12.8. The number of phenolic OH excluding ortho intramolecular Hbond substituents is 3. The van der Waals surface area contributed by atoms with E-state index in [4.69, 9.17) is 20.0 Å². The standard InChI is InChI=1S/C44H27N5O5/c50-30-11-3-26(4-12-30)42-35-19-17-33(45-35)41(25-1-9-29(10-2-25)49(53)54)34-18-20-36(46-34)43(27-5-13-31(51)14-6-27)38-22-24-40(48-38)44(39-23-21-37(42)47-39)28-7-15-32(52)16-8-28/h1-24,50-52H. The highest BCUT2D eigenvalue weighted by Gasteiger charge is 2.28. The average molecular weight is 706 g/mol. The molecule has 0 radical (unpaired) electrons. The van der Waals surface area contributed by atoms with Crippen molar-refractivity contribution in [3.63, 3.8) is 0 Å². The van der Waals surface area contributed by atoms with Crippen molar-refractivity contribution in [2.24, 2.45) is 20.0 Å². The summed E-state index contributed by atoms with van der Waals surface area (Å²) < 4.78 is 0. The van der Waals surface area contributed by atoms with Gasteiger partial charge in [-0.25, -0.2) is 20.0 Å². The van der Waals surface area contributed by atoms with Crippen LogP contribution in [-0.2, 0) is 0 Å². The van der Waals surface area contributed by atoms with Crippen molar-refractivity contribution in [1.82, 2.24) is 0 Å². The summed E-state index contributed by atoms with van der Waals surface area (Å²) in [4.78, 5) is 31.8. The van der Waals surface area contributed by atoms with Crippen molar-refractivity contribution in [3.8, 4) is 17.2 Å². The number of nitrogens with zero attached hydrogens (tertiary/aromatic N) is 5. The highest BCUT2D eigenvalue weighted by molar-refractivity contribution is 6.39. The molecule has 5 heterocycles. The molecule has 5 aliphatic heterocycles. The van der Waals surface area contributed by atoms with E-state index in [9.17, 15) is 25.4 Å². The first kappa shape index (κ1) is 32.2. The summed E-state index contributed by atoms with van der Waals surface area (Å²) >= 11 is 0. The number of phenols is 3. The van der Waals surface area contributed by atoms with Crippen LogP contribution in [0.4, 0.5) is 5.69 Å². The van der Waals surface area contributed by atoms with Gasteiger partial charge in [0.1, 0.15) is 17.2 Å². The van der Waals surface area contributed by atoms with Crippen molar-refractivity contribution >= 4 is 50.8 Å². The molecule has 0 fully saturated rings. The fourth-order valence-electron chi connectivity index (χ4n) is 6.90. The Labute approximate surface area is 308 Å². The molecule has 8 bridgehead atoms. The lowest BCUT2D eigenvalue weighted by Gasteiger charge is -2.13. The summed E-state index contributed by atoms with van der Waals surface area (Å²) in [5.41, 5.74) is 10.9. The van der Waals surface area contributed by atoms with Crippen LogP contribution in [0.15, 0.2) is 188 Å². The molecule has 0 atom stereocenters. The van der Waals surface area contributed by atoms with Gasteiger partial charge in [-0.3, -0.25) is 10.1 Å². The summed E-state index contributed by atoms with van der Waals surface area (Å²) in [5.74, 6) is 0.374. The van der Waals surface area contributed by atoms with Crippen LogP contribution in [-0.4, -0.2) is 43.1 Å². The molecule has 0 spiro atoms. The Morgan fingerprint density at radius 1 is 0.370 bits per heavy atom. The van der Waals surface area contributed by atoms with Crippen LogP contribution in [0, 0.1) is 10.1 Å². The van der Waals surface area contributed by atoms with E-state index in [0.717, 1.165) is 33.4 Å². The molecule has 4 aromatic rings. The highest BCUT2D eigenvalue weighted by Crippen LogP contribution is 2.39. The van der Waals surface area contributed by atoms with Gasteiger partial charge in [-0.15, -0.1) is 0 Å². The molecule has 0 unspecified atom stereocenters. The number of non-ortho nitro benzene ring substituents is 1. The largest absolute Gasteiger partial charge is 0.508 e. The molecule has 258 valence electrons. The van der Waals surface area contributed by atoms with Crippen LogP contribution in [0.25, 0.3) is 22.3 Å². The first-order valence-electron chi connectivity index (χ1n) is 17.0. The summed E-state index contributed by atoms with van der Waals surface area (Å²) in [7, 11) is 0. The van der Waals surface area contributed by atoms with E-state index < -0.39 is 4.92 Å². The quantitative estimate of drug-likeness (QED) is 0.140. The molecule has 0 saturated carbocycles. The van der Waals surface area contributed by atoms with Crippen molar-refractivity contribution in [1.29, 1.82) is 0 Å². The third kappa shape index (κ3) is 5.73. The minimum absolute atomic E-state index is 0.0367. The summed E-state index contributed by atoms with van der Waals surface area (Å²) in [6, 6.07) is 26.9. The Bertz CT molecular complexity index is 2650. The maximum Gasteiger partial charge on any atom is 0.269 e. The first-order chi connectivity index (χ1) is 26.3. The van der Waals surface area contributed by atoms with E-state index in [0.29, 0.717) is 56.8 Å². The highest BCUT2D eigenvalue weighted by atomic mass is 16.6. The number of allylic oxidation sites excluding steroid dienone is 12. The Morgan fingerprint density at radius 2 is 0.611 bits per heavy atom. The SMILES string of the molecule is O=[N+]([O-])c1ccc(C2=C3C=CC(=N3)C(c3ccc(O)cc3)=C3C=CC(=N3)C(c3ccc(O)cc3)=C3C=CC(=N3)C(c3ccc(O)cc3)=C3C=CC2=N3)cc1. The second-order valence-corrected chi connectivity index (χ2v) is 12.8. The van der Waals surface area contributed by atoms with Gasteiger partial charge in [0.15, 0.2) is 0 Å². The van der Waals surface area contributed by atoms with Gasteiger partial charge >= 0.3 is 0 Å². The fraction of sp³-hybridized carbons (Fsp3) is 0. The van der Waals surface area contributed by atoms with Crippen molar-refractivity contribution in [2.75, 3.05) is 0 Å². The molecule has 9 rings (SSSR count). The molecule has 10 heteroatoms. The Kier molecular flexibility index (Phi) is 7.63. The fourth-order valence-corrected chi connectivity index (χ4v) is 6.90. The van der Waals surface area contributed by atoms with Gasteiger partial charge in [-0.2, -0.15) is 0 Å². The summed E-state index contributed by atoms with van der Waals surface area (Å²) in [6.07, 6.45) is 15.3. The van der Waals surface area contributed by atoms with Crippen LogP contribution in [0.2, 0.25) is 0 Å². The van der Waals surface area contributed by atoms with E-state index >= 15 is 0 Å². The minimum atomic E-state index is -0.435. The molecular formula is C44H27N5O5. The maximum absolute atomic E-state index is 11.6. The van der Waals surface area contributed by atoms with Gasteiger partial charge < -0.3 is 15.3 Å². The molecular weight excluding hydrogens is 679 g/mol. The molecule has 0 aromatic heterocycles. The van der Waals surface area contributed by atoms with Gasteiger partial charge in [0, 0.05) is 34.4 Å². The number of rotatable bonds is 5. The molecule has 54 heavy (non-hydrogen) atoms. The second kappa shape index (κ2) is 12.8. The van der Waals surface area contributed by atoms with Crippen LogP contribution in [0.5, 0.6) is 17.2 Å². The van der Waals surface area contributed by atoms with E-state index in [1.54, 1.807) is 48.5 Å². The van der Waals surface area contributed by atoms with Crippen molar-refractivity contribution < 1.29 is 20.2 Å². The average Bonchev–Trinajstić information content (AvgIpc) is 4.02. The zero-order chi connectivity index (χ0) is 36.9. The van der Waals surface area contributed by atoms with E-state index in [1.807, 2.05) is 85.0 Å². The van der Waals surface area contributed by atoms with Gasteiger partial charge in [-0.1, -0.05) is 36.4 Å². The van der Waals surface area contributed by atoms with E-state index in [1.165, 1.54) is 12.1 Å². The predicted octanol–water partition coefficient (Wildman–Crippen LogP) is 8.71. The molecule has 4 aromatic carbocycles. The van der Waals surface area contributed by atoms with Crippen LogP contribution in [0.3, 0.4) is 0 Å². The normalized spacial score (nSPS) is 17.1. The molecule has 10 nitrogen and oxygen atoms in total.